The second kappa shape index (κ2) is 9.66. The van der Waals surface area contributed by atoms with Crippen molar-refractivity contribution in [2.75, 3.05) is 26.2 Å². The standard InChI is InChI=1S/C25H28F2N4O3/c26-20-9-6-18(11-21(20)27)23-15-34-25(33)31(23)24(32)29-12-16-13-30(14-16)19-7-4-17(5-8-19)22-3-1-2-10-28-22/h1-3,6,9-11,16-17,19,23H,4-5,7-8,12-15H2,(H,29,32)/t17?,19?,23-/m1/s1. The van der Waals surface area contributed by atoms with Crippen LogP contribution in [0.1, 0.15) is 48.9 Å². The first-order chi connectivity index (χ1) is 16.5. The molecule has 0 radical (unpaired) electrons. The lowest BCUT2D eigenvalue weighted by Gasteiger charge is -2.46. The molecule has 1 saturated carbocycles. The number of nitrogens with one attached hydrogen (secondary N) is 1. The molecule has 3 amide bonds. The number of hydrogen-bond acceptors (Lipinski definition) is 5. The van der Waals surface area contributed by atoms with Crippen LogP contribution in [-0.4, -0.2) is 59.2 Å². The molecule has 180 valence electrons. The van der Waals surface area contributed by atoms with Crippen molar-refractivity contribution in [3.8, 4) is 0 Å². The highest BCUT2D eigenvalue weighted by Crippen LogP contribution is 2.36. The van der Waals surface area contributed by atoms with Gasteiger partial charge in [-0.25, -0.2) is 23.3 Å². The molecule has 34 heavy (non-hydrogen) atoms. The molecular weight excluding hydrogens is 442 g/mol. The number of aromatic nitrogens is 1. The molecule has 1 N–H and O–H groups in total. The molecule has 1 aromatic carbocycles. The van der Waals surface area contributed by atoms with Gasteiger partial charge in [-0.15, -0.1) is 0 Å². The fourth-order valence-electron chi connectivity index (χ4n) is 5.32. The maximum atomic E-state index is 13.6. The van der Waals surface area contributed by atoms with Crippen LogP contribution in [0.25, 0.3) is 0 Å². The van der Waals surface area contributed by atoms with Crippen molar-refractivity contribution in [3.63, 3.8) is 0 Å². The SMILES string of the molecule is O=C(NCC1CN(C2CCC(c3ccccn3)CC2)C1)N1C(=O)OC[C@@H]1c1ccc(F)c(F)c1. The number of carbonyl (C=O) groups excluding carboxylic acids is 2. The number of carbonyl (C=O) groups is 2. The van der Waals surface area contributed by atoms with Crippen LogP contribution < -0.4 is 5.32 Å². The normalized spacial score (nSPS) is 25.6. The summed E-state index contributed by atoms with van der Waals surface area (Å²) < 4.78 is 31.9. The largest absolute Gasteiger partial charge is 0.446 e. The summed E-state index contributed by atoms with van der Waals surface area (Å²) in [5.41, 5.74) is 1.50. The molecule has 2 aromatic rings. The summed E-state index contributed by atoms with van der Waals surface area (Å²) in [7, 11) is 0. The number of imide groups is 1. The number of halogens is 2. The number of ether oxygens (including phenoxy) is 1. The van der Waals surface area contributed by atoms with E-state index >= 15 is 0 Å². The highest BCUT2D eigenvalue weighted by molar-refractivity contribution is 5.92. The summed E-state index contributed by atoms with van der Waals surface area (Å²) >= 11 is 0. The van der Waals surface area contributed by atoms with Crippen LogP contribution in [0.5, 0.6) is 0 Å². The Morgan fingerprint density at radius 3 is 2.59 bits per heavy atom. The third kappa shape index (κ3) is 4.61. The molecule has 1 aromatic heterocycles. The van der Waals surface area contributed by atoms with E-state index in [1.165, 1.54) is 11.8 Å². The first-order valence-corrected chi connectivity index (χ1v) is 11.8. The zero-order chi connectivity index (χ0) is 23.7. The van der Waals surface area contributed by atoms with Crippen LogP contribution in [-0.2, 0) is 4.74 Å². The van der Waals surface area contributed by atoms with Crippen molar-refractivity contribution < 1.29 is 23.1 Å². The molecule has 5 rings (SSSR count). The van der Waals surface area contributed by atoms with Crippen LogP contribution in [0.15, 0.2) is 42.6 Å². The van der Waals surface area contributed by atoms with Crippen molar-refractivity contribution in [1.29, 1.82) is 0 Å². The quantitative estimate of drug-likeness (QED) is 0.708. The lowest BCUT2D eigenvalue weighted by atomic mass is 9.81. The monoisotopic (exact) mass is 470 g/mol. The van der Waals surface area contributed by atoms with Crippen molar-refractivity contribution in [3.05, 3.63) is 65.5 Å². The van der Waals surface area contributed by atoms with E-state index in [2.05, 4.69) is 21.3 Å². The van der Waals surface area contributed by atoms with Gasteiger partial charge in [0.1, 0.15) is 12.6 Å². The predicted molar refractivity (Wildman–Crippen MR) is 120 cm³/mol. The molecule has 1 atom stereocenters. The molecule has 0 unspecified atom stereocenters. The number of amides is 3. The van der Waals surface area contributed by atoms with Gasteiger partial charge in [0.25, 0.3) is 0 Å². The van der Waals surface area contributed by atoms with E-state index in [9.17, 15) is 18.4 Å². The van der Waals surface area contributed by atoms with Gasteiger partial charge in [-0.2, -0.15) is 0 Å². The molecule has 3 heterocycles. The molecule has 1 aliphatic carbocycles. The molecule has 0 bridgehead atoms. The topological polar surface area (TPSA) is 74.8 Å². The average molecular weight is 471 g/mol. The van der Waals surface area contributed by atoms with Gasteiger partial charge in [0.05, 0.1) is 0 Å². The van der Waals surface area contributed by atoms with Crippen LogP contribution in [0.3, 0.4) is 0 Å². The third-order valence-electron chi connectivity index (χ3n) is 7.27. The van der Waals surface area contributed by atoms with Crippen molar-refractivity contribution in [2.24, 2.45) is 5.92 Å². The molecule has 3 fully saturated rings. The second-order valence-corrected chi connectivity index (χ2v) is 9.40. The fourth-order valence-corrected chi connectivity index (χ4v) is 5.32. The Kier molecular flexibility index (Phi) is 6.45. The van der Waals surface area contributed by atoms with Crippen LogP contribution >= 0.6 is 0 Å². The summed E-state index contributed by atoms with van der Waals surface area (Å²) in [5.74, 6) is -1.15. The Morgan fingerprint density at radius 1 is 1.09 bits per heavy atom. The average Bonchev–Trinajstić information content (AvgIpc) is 3.22. The van der Waals surface area contributed by atoms with E-state index in [1.54, 1.807) is 0 Å². The van der Waals surface area contributed by atoms with Crippen molar-refractivity contribution >= 4 is 12.1 Å². The van der Waals surface area contributed by atoms with E-state index in [1.807, 2.05) is 18.3 Å². The molecular formula is C25H28F2N4O3. The second-order valence-electron chi connectivity index (χ2n) is 9.40. The lowest BCUT2D eigenvalue weighted by Crippen LogP contribution is -2.56. The predicted octanol–water partition coefficient (Wildman–Crippen LogP) is 4.22. The summed E-state index contributed by atoms with van der Waals surface area (Å²) in [6, 6.07) is 8.65. The number of nitrogens with zero attached hydrogens (tertiary/aromatic N) is 3. The minimum atomic E-state index is -1.03. The number of likely N-dealkylation sites (tertiary alicyclic amines) is 1. The van der Waals surface area contributed by atoms with Gasteiger partial charge >= 0.3 is 12.1 Å². The van der Waals surface area contributed by atoms with Crippen LogP contribution in [0.4, 0.5) is 18.4 Å². The third-order valence-corrected chi connectivity index (χ3v) is 7.27. The smallest absolute Gasteiger partial charge is 0.418 e. The fraction of sp³-hybridized carbons (Fsp3) is 0.480. The number of benzene rings is 1. The van der Waals surface area contributed by atoms with Gasteiger partial charge in [0, 0.05) is 49.4 Å². The Morgan fingerprint density at radius 2 is 1.88 bits per heavy atom. The first-order valence-electron chi connectivity index (χ1n) is 11.8. The van der Waals surface area contributed by atoms with Gasteiger partial charge in [-0.05, 0) is 55.5 Å². The summed E-state index contributed by atoms with van der Waals surface area (Å²) in [6.07, 6.45) is 5.65. The van der Waals surface area contributed by atoms with Gasteiger partial charge < -0.3 is 10.1 Å². The number of pyridine rings is 1. The van der Waals surface area contributed by atoms with Crippen LogP contribution in [0, 0.1) is 17.6 Å². The first kappa shape index (κ1) is 22.7. The van der Waals surface area contributed by atoms with Gasteiger partial charge in [-0.3, -0.25) is 9.88 Å². The number of urea groups is 1. The molecule has 9 heteroatoms. The van der Waals surface area contributed by atoms with E-state index in [0.29, 0.717) is 30.0 Å². The van der Waals surface area contributed by atoms with E-state index in [4.69, 9.17) is 4.74 Å². The van der Waals surface area contributed by atoms with Crippen LogP contribution in [0.2, 0.25) is 0 Å². The van der Waals surface area contributed by atoms with E-state index < -0.39 is 29.8 Å². The molecule has 2 aliphatic heterocycles. The number of cyclic esters (lactones) is 1. The lowest BCUT2D eigenvalue weighted by molar-refractivity contribution is 0.0333. The van der Waals surface area contributed by atoms with E-state index in [-0.39, 0.29) is 6.61 Å². The Balaban J connectivity index is 1.08. The number of hydrogen-bond donors (Lipinski definition) is 1. The van der Waals surface area contributed by atoms with Gasteiger partial charge in [0.2, 0.25) is 0 Å². The molecule has 7 nitrogen and oxygen atoms in total. The number of rotatable bonds is 5. The highest BCUT2D eigenvalue weighted by Gasteiger charge is 2.40. The van der Waals surface area contributed by atoms with Crippen molar-refractivity contribution in [1.82, 2.24) is 20.1 Å². The summed E-state index contributed by atoms with van der Waals surface area (Å²) in [4.78, 5) is 32.8. The maximum absolute atomic E-state index is 13.6. The van der Waals surface area contributed by atoms with Crippen molar-refractivity contribution in [2.45, 2.75) is 43.7 Å². The minimum absolute atomic E-state index is 0.0876. The van der Waals surface area contributed by atoms with E-state index in [0.717, 1.165) is 55.8 Å². The Bertz CT molecular complexity index is 1040. The highest BCUT2D eigenvalue weighted by atomic mass is 19.2. The molecule has 2 saturated heterocycles. The minimum Gasteiger partial charge on any atom is -0.446 e. The summed E-state index contributed by atoms with van der Waals surface area (Å²) in [5, 5.41) is 2.82. The zero-order valence-electron chi connectivity index (χ0n) is 18.8. The summed E-state index contributed by atoms with van der Waals surface area (Å²) in [6.45, 7) is 2.19. The van der Waals surface area contributed by atoms with Gasteiger partial charge in [-0.1, -0.05) is 12.1 Å². The maximum Gasteiger partial charge on any atom is 0.418 e. The molecule has 3 aliphatic rings. The molecule has 0 spiro atoms. The zero-order valence-corrected chi connectivity index (χ0v) is 18.8. The van der Waals surface area contributed by atoms with Gasteiger partial charge in [0.15, 0.2) is 11.6 Å². The Labute approximate surface area is 197 Å². The Hall–Kier alpha value is -3.07.